The number of benzene rings is 1. The number of rotatable bonds is 3. The number of fused-ring (bicyclic) bond motifs is 1. The maximum Gasteiger partial charge on any atom is 0.349 e. The molecule has 0 fully saturated rings. The minimum Gasteiger partial charge on any atom is -0.435 e. The van der Waals surface area contributed by atoms with Crippen molar-refractivity contribution in [2.24, 2.45) is 0 Å². The van der Waals surface area contributed by atoms with Gasteiger partial charge in [0.15, 0.2) is 5.75 Å². The molecule has 152 valence electrons. The highest BCUT2D eigenvalue weighted by Crippen LogP contribution is 2.39. The highest BCUT2D eigenvalue weighted by molar-refractivity contribution is 9.10. The number of aromatic amines is 2. The van der Waals surface area contributed by atoms with E-state index in [1.165, 1.54) is 12.1 Å². The zero-order valence-corrected chi connectivity index (χ0v) is 17.5. The van der Waals surface area contributed by atoms with E-state index in [2.05, 4.69) is 31.2 Å². The zero-order valence-electron chi connectivity index (χ0n) is 15.2. The fourth-order valence-corrected chi connectivity index (χ4v) is 4.12. The summed E-state index contributed by atoms with van der Waals surface area (Å²) in [7, 11) is 0. The lowest BCUT2D eigenvalue weighted by Crippen LogP contribution is -2.33. The van der Waals surface area contributed by atoms with Gasteiger partial charge in [0.2, 0.25) is 11.6 Å². The molecule has 2 aromatic heterocycles. The van der Waals surface area contributed by atoms with Crippen molar-refractivity contribution in [2.45, 2.75) is 25.7 Å². The molecule has 1 aliphatic rings. The lowest BCUT2D eigenvalue weighted by molar-refractivity contribution is 0.437. The van der Waals surface area contributed by atoms with E-state index in [1.54, 1.807) is 6.07 Å². The average Bonchev–Trinajstić information content (AvgIpc) is 2.72. The maximum absolute atomic E-state index is 12.1. The zero-order chi connectivity index (χ0) is 21.4. The molecule has 3 aromatic rings. The Kier molecular flexibility index (Phi) is 5.27. The number of nitrogens with one attached hydrogen (secondary N) is 2. The van der Waals surface area contributed by atoms with Gasteiger partial charge in [0, 0.05) is 11.1 Å². The van der Waals surface area contributed by atoms with E-state index < -0.39 is 16.9 Å². The van der Waals surface area contributed by atoms with Crippen LogP contribution >= 0.6 is 27.5 Å². The van der Waals surface area contributed by atoms with Gasteiger partial charge in [-0.2, -0.15) is 9.94 Å². The monoisotopic (exact) mass is 490 g/mol. The summed E-state index contributed by atoms with van der Waals surface area (Å²) in [6, 6.07) is 4.51. The standard InChI is InChI=1S/C18H12BrClN6O4/c19-11-5-8(26-18(29)22-16(28)13(7-21)25-26)6-12(20)14(11)30-17-10-4-2-1-3-9(10)15(27)23-24-17/h5-6H,1-4H2,(H,23,27)(H,22,28,29). The Bertz CT molecular complexity index is 1360. The van der Waals surface area contributed by atoms with Crippen molar-refractivity contribution in [1.29, 1.82) is 5.26 Å². The summed E-state index contributed by atoms with van der Waals surface area (Å²) >= 11 is 9.72. The molecule has 0 radical (unpaired) electrons. The SMILES string of the molecule is N#Cc1nn(-c2cc(Cl)c(Oc3n[nH]c(=O)c4c3CCCC4)c(Br)c2)c(=O)[nH]c1=O. The van der Waals surface area contributed by atoms with Crippen LogP contribution in [-0.2, 0) is 12.8 Å². The first kappa shape index (κ1) is 20.1. The highest BCUT2D eigenvalue weighted by atomic mass is 79.9. The van der Waals surface area contributed by atoms with Crippen LogP contribution in [0.4, 0.5) is 0 Å². The van der Waals surface area contributed by atoms with Gasteiger partial charge in [-0.25, -0.2) is 9.89 Å². The van der Waals surface area contributed by atoms with Gasteiger partial charge in [-0.15, -0.1) is 10.2 Å². The highest BCUT2D eigenvalue weighted by Gasteiger charge is 2.21. The number of nitrogens with zero attached hydrogens (tertiary/aromatic N) is 4. The smallest absolute Gasteiger partial charge is 0.349 e. The molecular formula is C18H12BrClN6O4. The van der Waals surface area contributed by atoms with E-state index in [0.29, 0.717) is 22.9 Å². The van der Waals surface area contributed by atoms with Crippen LogP contribution in [0.5, 0.6) is 11.6 Å². The molecule has 4 rings (SSSR count). The molecule has 0 aliphatic heterocycles. The number of ether oxygens (including phenoxy) is 1. The molecule has 30 heavy (non-hydrogen) atoms. The van der Waals surface area contributed by atoms with E-state index >= 15 is 0 Å². The first-order valence-electron chi connectivity index (χ1n) is 8.80. The third kappa shape index (κ3) is 3.55. The van der Waals surface area contributed by atoms with Gasteiger partial charge in [0.25, 0.3) is 11.1 Å². The topological polar surface area (TPSA) is 147 Å². The second-order valence-electron chi connectivity index (χ2n) is 6.49. The first-order chi connectivity index (χ1) is 14.4. The van der Waals surface area contributed by atoms with E-state index in [9.17, 15) is 14.4 Å². The van der Waals surface area contributed by atoms with Gasteiger partial charge in [-0.05, 0) is 53.7 Å². The first-order valence-corrected chi connectivity index (χ1v) is 9.97. The molecule has 1 aliphatic carbocycles. The van der Waals surface area contributed by atoms with E-state index in [1.807, 2.05) is 4.98 Å². The molecule has 10 nitrogen and oxygen atoms in total. The third-order valence-corrected chi connectivity index (χ3v) is 5.49. The Morgan fingerprint density at radius 2 is 1.90 bits per heavy atom. The van der Waals surface area contributed by atoms with Gasteiger partial charge < -0.3 is 4.74 Å². The number of halogens is 2. The molecule has 0 unspecified atom stereocenters. The fourth-order valence-electron chi connectivity index (χ4n) is 3.22. The molecule has 0 spiro atoms. The second-order valence-corrected chi connectivity index (χ2v) is 7.76. The van der Waals surface area contributed by atoms with E-state index in [-0.39, 0.29) is 27.9 Å². The summed E-state index contributed by atoms with van der Waals surface area (Å²) in [5, 5.41) is 19.3. The van der Waals surface area contributed by atoms with Gasteiger partial charge in [-0.3, -0.25) is 14.6 Å². The number of H-pyrrole nitrogens is 2. The van der Waals surface area contributed by atoms with Crippen LogP contribution in [0.15, 0.2) is 31.0 Å². The van der Waals surface area contributed by atoms with Crippen LogP contribution in [0.3, 0.4) is 0 Å². The van der Waals surface area contributed by atoms with Crippen molar-refractivity contribution in [3.8, 4) is 23.4 Å². The number of hydrogen-bond acceptors (Lipinski definition) is 7. The maximum atomic E-state index is 12.1. The summed E-state index contributed by atoms with van der Waals surface area (Å²) in [4.78, 5) is 37.7. The Morgan fingerprint density at radius 3 is 2.60 bits per heavy atom. The molecule has 0 saturated heterocycles. The van der Waals surface area contributed by atoms with Gasteiger partial charge in [0.05, 0.1) is 15.2 Å². The second kappa shape index (κ2) is 7.89. The lowest BCUT2D eigenvalue weighted by Gasteiger charge is -2.18. The molecule has 0 amide bonds. The predicted molar refractivity (Wildman–Crippen MR) is 109 cm³/mol. The number of hydrogen-bond donors (Lipinski definition) is 2. The minimum absolute atomic E-state index is 0.121. The Labute approximate surface area is 181 Å². The molecule has 1 aromatic carbocycles. The van der Waals surface area contributed by atoms with E-state index in [0.717, 1.165) is 23.1 Å². The number of aromatic nitrogens is 5. The van der Waals surface area contributed by atoms with Crippen molar-refractivity contribution in [3.63, 3.8) is 0 Å². The van der Waals surface area contributed by atoms with Crippen LogP contribution in [0.1, 0.15) is 29.7 Å². The van der Waals surface area contributed by atoms with Gasteiger partial charge in [-0.1, -0.05) is 11.6 Å². The van der Waals surface area contributed by atoms with E-state index in [4.69, 9.17) is 21.6 Å². The van der Waals surface area contributed by atoms with Crippen LogP contribution in [0.2, 0.25) is 5.02 Å². The molecule has 2 heterocycles. The van der Waals surface area contributed by atoms with Crippen LogP contribution in [0, 0.1) is 11.3 Å². The van der Waals surface area contributed by atoms with Crippen molar-refractivity contribution < 1.29 is 4.74 Å². The van der Waals surface area contributed by atoms with Gasteiger partial charge in [0.1, 0.15) is 6.07 Å². The van der Waals surface area contributed by atoms with Crippen molar-refractivity contribution in [1.82, 2.24) is 25.0 Å². The largest absolute Gasteiger partial charge is 0.435 e. The number of nitriles is 1. The normalized spacial score (nSPS) is 12.8. The molecule has 0 atom stereocenters. The third-order valence-electron chi connectivity index (χ3n) is 4.62. The summed E-state index contributed by atoms with van der Waals surface area (Å²) < 4.78 is 7.12. The van der Waals surface area contributed by atoms with Crippen molar-refractivity contribution in [3.05, 3.63) is 69.6 Å². The molecule has 0 bridgehead atoms. The van der Waals surface area contributed by atoms with Crippen LogP contribution < -0.4 is 21.5 Å². The molecule has 12 heteroatoms. The summed E-state index contributed by atoms with van der Waals surface area (Å²) in [6.45, 7) is 0. The summed E-state index contributed by atoms with van der Waals surface area (Å²) in [5.41, 5.74) is -0.795. The summed E-state index contributed by atoms with van der Waals surface area (Å²) in [6.07, 6.45) is 3.16. The Hall–Kier alpha value is -3.23. The van der Waals surface area contributed by atoms with Crippen molar-refractivity contribution in [2.75, 3.05) is 0 Å². The average molecular weight is 492 g/mol. The van der Waals surface area contributed by atoms with Crippen LogP contribution in [0.25, 0.3) is 5.69 Å². The van der Waals surface area contributed by atoms with Gasteiger partial charge >= 0.3 is 5.69 Å². The lowest BCUT2D eigenvalue weighted by atomic mass is 9.94. The van der Waals surface area contributed by atoms with Crippen molar-refractivity contribution >= 4 is 27.5 Å². The fraction of sp³-hybridized carbons (Fsp3) is 0.222. The molecule has 2 N–H and O–H groups in total. The Balaban J connectivity index is 1.77. The predicted octanol–water partition coefficient (Wildman–Crippen LogP) is 1.96. The molecule has 0 saturated carbocycles. The Morgan fingerprint density at radius 1 is 1.17 bits per heavy atom. The van der Waals surface area contributed by atoms with Crippen LogP contribution in [-0.4, -0.2) is 25.0 Å². The molecular weight excluding hydrogens is 480 g/mol. The minimum atomic E-state index is -0.877. The summed E-state index contributed by atoms with van der Waals surface area (Å²) in [5.74, 6) is 0.483. The quantitative estimate of drug-likeness (QED) is 0.569.